The number of benzene rings is 2. The summed E-state index contributed by atoms with van der Waals surface area (Å²) in [4.78, 5) is 14.7. The Morgan fingerprint density at radius 3 is 2.47 bits per heavy atom. The number of rotatable bonds is 9. The first kappa shape index (κ1) is 25.3. The van der Waals surface area contributed by atoms with Gasteiger partial charge in [0, 0.05) is 56.3 Å². The highest BCUT2D eigenvalue weighted by atomic mass is 35.5. The fourth-order valence-electron chi connectivity index (χ4n) is 3.45. The zero-order chi connectivity index (χ0) is 23.1. The van der Waals surface area contributed by atoms with Crippen LogP contribution in [0.15, 0.2) is 42.5 Å². The van der Waals surface area contributed by atoms with Gasteiger partial charge in [-0.05, 0) is 35.4 Å². The molecule has 1 N–H and O–H groups in total. The number of carbonyl (C=O) groups excluding carboxylic acids is 1. The number of hydrogen-bond donors (Lipinski definition) is 1. The largest absolute Gasteiger partial charge is 0.351 e. The lowest BCUT2D eigenvalue weighted by molar-refractivity contribution is 0.0956. The second kappa shape index (κ2) is 11.7. The molecule has 0 spiro atoms. The first-order chi connectivity index (χ1) is 15.2. The molecule has 1 fully saturated rings. The normalized spacial score (nSPS) is 15.6. The second-order valence-electron chi connectivity index (χ2n) is 7.70. The second-order valence-corrected chi connectivity index (χ2v) is 11.6. The number of hydrogen-bond acceptors (Lipinski definition) is 5. The van der Waals surface area contributed by atoms with E-state index in [2.05, 4.69) is 10.2 Å². The van der Waals surface area contributed by atoms with Crippen LogP contribution >= 0.6 is 35.0 Å². The molecule has 0 radical (unpaired) electrons. The third-order valence-corrected chi connectivity index (χ3v) is 8.25. The van der Waals surface area contributed by atoms with Crippen molar-refractivity contribution >= 4 is 50.9 Å². The summed E-state index contributed by atoms with van der Waals surface area (Å²) >= 11 is 13.7. The van der Waals surface area contributed by atoms with Crippen LogP contribution in [0.25, 0.3) is 0 Å². The Balaban J connectivity index is 1.41. The molecule has 1 aliphatic rings. The van der Waals surface area contributed by atoms with Gasteiger partial charge in [0.25, 0.3) is 5.91 Å². The molecule has 10 heteroatoms. The van der Waals surface area contributed by atoms with E-state index < -0.39 is 10.0 Å². The van der Waals surface area contributed by atoms with Crippen LogP contribution in [-0.2, 0) is 22.3 Å². The lowest BCUT2D eigenvalue weighted by atomic mass is 10.1. The molecular weight excluding hydrogens is 489 g/mol. The molecule has 0 unspecified atom stereocenters. The van der Waals surface area contributed by atoms with Gasteiger partial charge in [-0.15, -0.1) is 0 Å². The average molecular weight is 517 g/mol. The Kier molecular flexibility index (Phi) is 9.28. The molecule has 32 heavy (non-hydrogen) atoms. The molecule has 6 nitrogen and oxygen atoms in total. The molecule has 0 bridgehead atoms. The monoisotopic (exact) mass is 515 g/mol. The van der Waals surface area contributed by atoms with Crippen molar-refractivity contribution in [3.8, 4) is 0 Å². The summed E-state index contributed by atoms with van der Waals surface area (Å²) in [5.74, 6) is 1.49. The molecule has 2 aromatic carbocycles. The minimum Gasteiger partial charge on any atom is -0.351 e. The van der Waals surface area contributed by atoms with Crippen molar-refractivity contribution < 1.29 is 13.2 Å². The highest BCUT2D eigenvalue weighted by Gasteiger charge is 2.23. The molecule has 1 aliphatic heterocycles. The predicted octanol–water partition coefficient (Wildman–Crippen LogP) is 3.73. The molecule has 3 rings (SSSR count). The molecule has 0 saturated carbocycles. The summed E-state index contributed by atoms with van der Waals surface area (Å²) in [6, 6.07) is 13.2. The van der Waals surface area contributed by atoms with E-state index in [-0.39, 0.29) is 5.91 Å². The third kappa shape index (κ3) is 7.64. The lowest BCUT2D eigenvalue weighted by Gasteiger charge is -2.33. The van der Waals surface area contributed by atoms with Crippen LogP contribution in [0, 0.1) is 0 Å². The summed E-state index contributed by atoms with van der Waals surface area (Å²) in [5, 5.41) is 4.06. The molecule has 0 aliphatic carbocycles. The van der Waals surface area contributed by atoms with Crippen molar-refractivity contribution in [2.75, 3.05) is 44.7 Å². The molecule has 1 saturated heterocycles. The van der Waals surface area contributed by atoms with Crippen LogP contribution in [0.5, 0.6) is 0 Å². The average Bonchev–Trinajstić information content (AvgIpc) is 2.76. The number of nitrogens with one attached hydrogen (secondary N) is 1. The van der Waals surface area contributed by atoms with Crippen molar-refractivity contribution in [1.29, 1.82) is 0 Å². The van der Waals surface area contributed by atoms with E-state index in [9.17, 15) is 13.2 Å². The summed E-state index contributed by atoms with van der Waals surface area (Å²) in [6.45, 7) is 3.62. The van der Waals surface area contributed by atoms with E-state index in [4.69, 9.17) is 23.2 Å². The van der Waals surface area contributed by atoms with Gasteiger partial charge >= 0.3 is 0 Å². The van der Waals surface area contributed by atoms with Crippen LogP contribution in [0.1, 0.15) is 21.5 Å². The van der Waals surface area contributed by atoms with Crippen LogP contribution in [0.3, 0.4) is 0 Å². The smallest absolute Gasteiger partial charge is 0.251 e. The zero-order valence-electron chi connectivity index (χ0n) is 17.9. The van der Waals surface area contributed by atoms with Gasteiger partial charge in [-0.2, -0.15) is 16.1 Å². The summed E-state index contributed by atoms with van der Waals surface area (Å²) < 4.78 is 24.8. The van der Waals surface area contributed by atoms with Crippen molar-refractivity contribution in [3.05, 3.63) is 69.2 Å². The van der Waals surface area contributed by atoms with Crippen molar-refractivity contribution in [3.63, 3.8) is 0 Å². The Hall–Kier alpha value is -1.29. The fraction of sp³-hybridized carbons (Fsp3) is 0.409. The first-order valence-electron chi connectivity index (χ1n) is 10.3. The number of amides is 1. The summed E-state index contributed by atoms with van der Waals surface area (Å²) in [6.07, 6.45) is 1.25. The SMILES string of the molecule is CS(=O)(=O)N1CCN(Cc2cccc(C(=O)NCCSCc3ccc(Cl)c(Cl)c3)c2)CC1. The number of halogens is 2. The van der Waals surface area contributed by atoms with Gasteiger partial charge < -0.3 is 5.32 Å². The molecular formula is C22H27Cl2N3O3S2. The summed E-state index contributed by atoms with van der Waals surface area (Å²) in [5.41, 5.74) is 2.77. The number of thioether (sulfide) groups is 1. The Morgan fingerprint density at radius 1 is 1.03 bits per heavy atom. The molecule has 2 aromatic rings. The maximum absolute atomic E-state index is 12.5. The molecule has 0 aromatic heterocycles. The minimum atomic E-state index is -3.13. The third-order valence-electron chi connectivity index (χ3n) is 5.18. The lowest BCUT2D eigenvalue weighted by Crippen LogP contribution is -2.47. The van der Waals surface area contributed by atoms with Crippen LogP contribution < -0.4 is 5.32 Å². The topological polar surface area (TPSA) is 69.7 Å². The number of carbonyl (C=O) groups is 1. The van der Waals surface area contributed by atoms with Crippen LogP contribution in [-0.4, -0.2) is 68.3 Å². The molecule has 0 atom stereocenters. The van der Waals surface area contributed by atoms with E-state index in [0.717, 1.165) is 22.6 Å². The predicted molar refractivity (Wildman–Crippen MR) is 133 cm³/mol. The van der Waals surface area contributed by atoms with Crippen LogP contribution in [0.2, 0.25) is 10.0 Å². The fourth-order valence-corrected chi connectivity index (χ4v) is 5.40. The molecule has 1 amide bonds. The van der Waals surface area contributed by atoms with Crippen molar-refractivity contribution in [2.24, 2.45) is 0 Å². The Morgan fingerprint density at radius 2 is 1.78 bits per heavy atom. The van der Waals surface area contributed by atoms with Crippen molar-refractivity contribution in [1.82, 2.24) is 14.5 Å². The Bertz CT molecular complexity index is 1040. The van der Waals surface area contributed by atoms with Gasteiger partial charge in [0.15, 0.2) is 0 Å². The maximum atomic E-state index is 12.5. The van der Waals surface area contributed by atoms with Gasteiger partial charge in [0.2, 0.25) is 10.0 Å². The van der Waals surface area contributed by atoms with Gasteiger partial charge in [-0.1, -0.05) is 41.4 Å². The van der Waals surface area contributed by atoms with E-state index in [1.165, 1.54) is 10.6 Å². The summed E-state index contributed by atoms with van der Waals surface area (Å²) in [7, 11) is -3.13. The van der Waals surface area contributed by atoms with Gasteiger partial charge in [-0.25, -0.2) is 8.42 Å². The van der Waals surface area contributed by atoms with E-state index in [0.29, 0.717) is 54.9 Å². The highest BCUT2D eigenvalue weighted by molar-refractivity contribution is 7.98. The zero-order valence-corrected chi connectivity index (χ0v) is 21.0. The van der Waals surface area contributed by atoms with E-state index in [1.54, 1.807) is 17.8 Å². The molecule has 174 valence electrons. The highest BCUT2D eigenvalue weighted by Crippen LogP contribution is 2.24. The maximum Gasteiger partial charge on any atom is 0.251 e. The molecule has 1 heterocycles. The number of sulfonamides is 1. The standard InChI is InChI=1S/C22H27Cl2N3O3S2/c1-32(29,30)27-10-8-26(9-11-27)15-17-3-2-4-19(13-17)22(28)25-7-12-31-16-18-5-6-20(23)21(24)14-18/h2-6,13-14H,7-12,15-16H2,1H3,(H,25,28). The van der Waals surface area contributed by atoms with E-state index >= 15 is 0 Å². The minimum absolute atomic E-state index is 0.0936. The van der Waals surface area contributed by atoms with Crippen molar-refractivity contribution in [2.45, 2.75) is 12.3 Å². The Labute approximate surface area is 204 Å². The van der Waals surface area contributed by atoms with Gasteiger partial charge in [-0.3, -0.25) is 9.69 Å². The number of piperazine rings is 1. The van der Waals surface area contributed by atoms with Crippen LogP contribution in [0.4, 0.5) is 0 Å². The van der Waals surface area contributed by atoms with E-state index in [1.807, 2.05) is 36.4 Å². The quantitative estimate of drug-likeness (QED) is 0.515. The number of nitrogens with zero attached hydrogens (tertiary/aromatic N) is 2. The van der Waals surface area contributed by atoms with Gasteiger partial charge in [0.05, 0.1) is 16.3 Å². The first-order valence-corrected chi connectivity index (χ1v) is 14.0. The van der Waals surface area contributed by atoms with Gasteiger partial charge in [0.1, 0.15) is 0 Å².